The van der Waals surface area contributed by atoms with Crippen LogP contribution in [0.15, 0.2) is 24.3 Å². The molecule has 2 fully saturated rings. The standard InChI is InChI=1S/C17H20ClN3O3/c1-17(2)8-14(22)20-13(17)9-21-15(23)7-12(19-16(21)24)10-3-5-11(18)6-4-10/h3-6,12-13H,7-9H2,1-2H3,(H,19,24)(H,20,22)/t12-,13?/m0/s1. The molecule has 0 spiro atoms. The molecule has 2 atom stereocenters. The van der Waals surface area contributed by atoms with Gasteiger partial charge in [-0.2, -0.15) is 0 Å². The Morgan fingerprint density at radius 1 is 1.17 bits per heavy atom. The lowest BCUT2D eigenvalue weighted by molar-refractivity contribution is -0.131. The van der Waals surface area contributed by atoms with Gasteiger partial charge in [-0.3, -0.25) is 14.5 Å². The van der Waals surface area contributed by atoms with Crippen LogP contribution in [0.4, 0.5) is 4.79 Å². The summed E-state index contributed by atoms with van der Waals surface area (Å²) in [5.41, 5.74) is 0.556. The van der Waals surface area contributed by atoms with Crippen LogP contribution in [0.3, 0.4) is 0 Å². The van der Waals surface area contributed by atoms with Gasteiger partial charge in [-0.1, -0.05) is 37.6 Å². The number of halogens is 1. The highest BCUT2D eigenvalue weighted by Crippen LogP contribution is 2.32. The van der Waals surface area contributed by atoms with Crippen molar-refractivity contribution in [2.24, 2.45) is 5.41 Å². The minimum atomic E-state index is -0.428. The Bertz CT molecular complexity index is 669. The van der Waals surface area contributed by atoms with Gasteiger partial charge >= 0.3 is 6.03 Å². The lowest BCUT2D eigenvalue weighted by Crippen LogP contribution is -2.56. The van der Waals surface area contributed by atoms with Crippen LogP contribution in [0.5, 0.6) is 0 Å². The van der Waals surface area contributed by atoms with Gasteiger partial charge in [0.05, 0.1) is 25.0 Å². The second-order valence-corrected chi connectivity index (χ2v) is 7.48. The fraction of sp³-hybridized carbons (Fsp3) is 0.471. The van der Waals surface area contributed by atoms with Crippen molar-refractivity contribution < 1.29 is 14.4 Å². The Labute approximate surface area is 145 Å². The number of urea groups is 1. The highest BCUT2D eigenvalue weighted by molar-refractivity contribution is 6.30. The normalized spacial score (nSPS) is 26.3. The minimum Gasteiger partial charge on any atom is -0.351 e. The summed E-state index contributed by atoms with van der Waals surface area (Å²) in [7, 11) is 0. The third-order valence-corrected chi connectivity index (χ3v) is 5.01. The summed E-state index contributed by atoms with van der Waals surface area (Å²) < 4.78 is 0. The summed E-state index contributed by atoms with van der Waals surface area (Å²) >= 11 is 5.87. The summed E-state index contributed by atoms with van der Waals surface area (Å²) in [6.07, 6.45) is 0.586. The second kappa shape index (κ2) is 6.09. The number of imide groups is 1. The van der Waals surface area contributed by atoms with E-state index in [2.05, 4.69) is 10.6 Å². The molecule has 3 rings (SSSR count). The van der Waals surface area contributed by atoms with Gasteiger partial charge < -0.3 is 10.6 Å². The zero-order valence-electron chi connectivity index (χ0n) is 13.6. The first kappa shape index (κ1) is 16.8. The first-order valence-electron chi connectivity index (χ1n) is 7.92. The van der Waals surface area contributed by atoms with Crippen molar-refractivity contribution in [3.8, 4) is 0 Å². The van der Waals surface area contributed by atoms with E-state index in [-0.39, 0.29) is 42.3 Å². The lowest BCUT2D eigenvalue weighted by Gasteiger charge is -2.35. The third-order valence-electron chi connectivity index (χ3n) is 4.75. The van der Waals surface area contributed by atoms with Crippen LogP contribution < -0.4 is 10.6 Å². The van der Waals surface area contributed by atoms with Gasteiger partial charge in [0.15, 0.2) is 0 Å². The van der Waals surface area contributed by atoms with Gasteiger partial charge in [0.2, 0.25) is 11.8 Å². The van der Waals surface area contributed by atoms with Crippen molar-refractivity contribution in [2.75, 3.05) is 6.54 Å². The van der Waals surface area contributed by atoms with E-state index in [1.165, 1.54) is 4.90 Å². The molecular formula is C17H20ClN3O3. The van der Waals surface area contributed by atoms with Crippen LogP contribution in [-0.2, 0) is 9.59 Å². The molecule has 0 aliphatic carbocycles. The minimum absolute atomic E-state index is 0.0473. The SMILES string of the molecule is CC1(C)CC(=O)NC1CN1C(=O)C[C@@H](c2ccc(Cl)cc2)NC1=O. The van der Waals surface area contributed by atoms with Crippen LogP contribution in [0, 0.1) is 5.41 Å². The van der Waals surface area contributed by atoms with Crippen LogP contribution in [0.2, 0.25) is 5.02 Å². The van der Waals surface area contributed by atoms with Crippen LogP contribution >= 0.6 is 11.6 Å². The fourth-order valence-electron chi connectivity index (χ4n) is 3.21. The van der Waals surface area contributed by atoms with Crippen molar-refractivity contribution in [1.82, 2.24) is 15.5 Å². The summed E-state index contributed by atoms with van der Waals surface area (Å²) in [5, 5.41) is 6.31. The number of nitrogens with one attached hydrogen (secondary N) is 2. The van der Waals surface area contributed by atoms with Gasteiger partial charge in [0, 0.05) is 11.4 Å². The van der Waals surface area contributed by atoms with E-state index in [4.69, 9.17) is 11.6 Å². The molecule has 6 nitrogen and oxygen atoms in total. The van der Waals surface area contributed by atoms with Crippen molar-refractivity contribution in [3.05, 3.63) is 34.9 Å². The van der Waals surface area contributed by atoms with Crippen LogP contribution in [0.25, 0.3) is 0 Å². The second-order valence-electron chi connectivity index (χ2n) is 7.05. The largest absolute Gasteiger partial charge is 0.351 e. The van der Waals surface area contributed by atoms with Gasteiger partial charge in [-0.25, -0.2) is 4.79 Å². The maximum atomic E-state index is 12.5. The van der Waals surface area contributed by atoms with E-state index < -0.39 is 6.03 Å². The zero-order valence-corrected chi connectivity index (χ0v) is 14.4. The van der Waals surface area contributed by atoms with Gasteiger partial charge in [0.1, 0.15) is 0 Å². The van der Waals surface area contributed by atoms with E-state index in [0.29, 0.717) is 11.4 Å². The average Bonchev–Trinajstić information content (AvgIpc) is 2.75. The molecule has 1 aromatic rings. The number of benzene rings is 1. The topological polar surface area (TPSA) is 78.5 Å². The number of hydrogen-bond acceptors (Lipinski definition) is 3. The molecule has 2 heterocycles. The number of carbonyl (C=O) groups is 3. The van der Waals surface area contributed by atoms with Crippen LogP contribution in [-0.4, -0.2) is 35.3 Å². The molecule has 24 heavy (non-hydrogen) atoms. The van der Waals surface area contributed by atoms with Crippen molar-refractivity contribution >= 4 is 29.4 Å². The quantitative estimate of drug-likeness (QED) is 0.878. The molecule has 1 aromatic carbocycles. The van der Waals surface area contributed by atoms with E-state index in [1.54, 1.807) is 24.3 Å². The third kappa shape index (κ3) is 3.24. The van der Waals surface area contributed by atoms with E-state index in [1.807, 2.05) is 13.8 Å². The highest BCUT2D eigenvalue weighted by atomic mass is 35.5. The Morgan fingerprint density at radius 2 is 1.83 bits per heavy atom. The average molecular weight is 350 g/mol. The number of rotatable bonds is 3. The molecule has 0 bridgehead atoms. The van der Waals surface area contributed by atoms with Gasteiger partial charge in [0.25, 0.3) is 0 Å². The zero-order chi connectivity index (χ0) is 17.5. The fourth-order valence-corrected chi connectivity index (χ4v) is 3.34. The Hall–Kier alpha value is -2.08. The highest BCUT2D eigenvalue weighted by Gasteiger charge is 2.43. The lowest BCUT2D eigenvalue weighted by atomic mass is 9.84. The molecule has 2 aliphatic rings. The number of carbonyl (C=O) groups excluding carboxylic acids is 3. The molecular weight excluding hydrogens is 330 g/mol. The first-order chi connectivity index (χ1) is 11.3. The Morgan fingerprint density at radius 3 is 2.38 bits per heavy atom. The molecule has 2 aliphatic heterocycles. The summed E-state index contributed by atoms with van der Waals surface area (Å²) in [6.45, 7) is 4.10. The maximum Gasteiger partial charge on any atom is 0.324 e. The molecule has 128 valence electrons. The molecule has 4 amide bonds. The summed E-state index contributed by atoms with van der Waals surface area (Å²) in [6, 6.07) is 6.06. The van der Waals surface area contributed by atoms with Crippen molar-refractivity contribution in [3.63, 3.8) is 0 Å². The molecule has 0 saturated carbocycles. The Balaban J connectivity index is 1.70. The molecule has 0 aromatic heterocycles. The van der Waals surface area contributed by atoms with E-state index >= 15 is 0 Å². The number of nitrogens with zero attached hydrogens (tertiary/aromatic N) is 1. The molecule has 2 saturated heterocycles. The number of hydrogen-bond donors (Lipinski definition) is 2. The van der Waals surface area contributed by atoms with E-state index in [9.17, 15) is 14.4 Å². The van der Waals surface area contributed by atoms with Gasteiger partial charge in [-0.05, 0) is 23.1 Å². The summed E-state index contributed by atoms with van der Waals surface area (Å²) in [4.78, 5) is 37.7. The van der Waals surface area contributed by atoms with Crippen molar-refractivity contribution in [2.45, 2.75) is 38.8 Å². The maximum absolute atomic E-state index is 12.5. The predicted molar refractivity (Wildman–Crippen MR) is 89.4 cm³/mol. The molecule has 1 unspecified atom stereocenters. The van der Waals surface area contributed by atoms with Crippen molar-refractivity contribution in [1.29, 1.82) is 0 Å². The van der Waals surface area contributed by atoms with E-state index in [0.717, 1.165) is 5.56 Å². The Kier molecular flexibility index (Phi) is 4.25. The van der Waals surface area contributed by atoms with Crippen LogP contribution in [0.1, 0.15) is 38.3 Å². The molecule has 2 N–H and O–H groups in total. The van der Waals surface area contributed by atoms with Gasteiger partial charge in [-0.15, -0.1) is 0 Å². The first-order valence-corrected chi connectivity index (χ1v) is 8.30. The summed E-state index contributed by atoms with van der Waals surface area (Å²) in [5.74, 6) is -0.287. The molecule has 7 heteroatoms. The smallest absolute Gasteiger partial charge is 0.324 e. The monoisotopic (exact) mass is 349 g/mol. The number of amides is 4. The predicted octanol–water partition coefficient (Wildman–Crippen LogP) is 2.24. The molecule has 0 radical (unpaired) electrons.